The summed E-state index contributed by atoms with van der Waals surface area (Å²) in [5.41, 5.74) is 6.20. The van der Waals surface area contributed by atoms with Crippen molar-refractivity contribution in [1.29, 1.82) is 0 Å². The van der Waals surface area contributed by atoms with Gasteiger partial charge in [-0.2, -0.15) is 0 Å². The highest BCUT2D eigenvalue weighted by atomic mass is 35.5. The number of fused-ring (bicyclic) bond motifs is 1. The van der Waals surface area contributed by atoms with E-state index in [0.717, 1.165) is 32.5 Å². The Morgan fingerprint density at radius 1 is 1.28 bits per heavy atom. The SMILES string of the molecule is Nc1ncccc1C(=O)NCC1CCN(CC2COc3cccc(Cl)c3O2)CC1. The van der Waals surface area contributed by atoms with Gasteiger partial charge in [-0.1, -0.05) is 17.7 Å². The number of amides is 1. The average Bonchev–Trinajstić information content (AvgIpc) is 2.74. The van der Waals surface area contributed by atoms with Crippen LogP contribution >= 0.6 is 11.6 Å². The zero-order chi connectivity index (χ0) is 20.2. The zero-order valence-corrected chi connectivity index (χ0v) is 16.9. The van der Waals surface area contributed by atoms with Gasteiger partial charge in [0.25, 0.3) is 5.91 Å². The Bertz CT molecular complexity index is 871. The Labute approximate surface area is 175 Å². The molecule has 3 N–H and O–H groups in total. The molecule has 154 valence electrons. The van der Waals surface area contributed by atoms with E-state index in [0.29, 0.717) is 41.2 Å². The van der Waals surface area contributed by atoms with Gasteiger partial charge >= 0.3 is 0 Å². The molecule has 1 aromatic carbocycles. The van der Waals surface area contributed by atoms with Crippen LogP contribution in [0.25, 0.3) is 0 Å². The van der Waals surface area contributed by atoms with E-state index in [2.05, 4.69) is 15.2 Å². The third-order valence-corrected chi connectivity index (χ3v) is 5.74. The van der Waals surface area contributed by atoms with Crippen LogP contribution in [0.4, 0.5) is 5.82 Å². The second-order valence-electron chi connectivity index (χ2n) is 7.51. The molecule has 0 bridgehead atoms. The van der Waals surface area contributed by atoms with Crippen LogP contribution in [0.1, 0.15) is 23.2 Å². The fourth-order valence-electron chi connectivity index (χ4n) is 3.79. The van der Waals surface area contributed by atoms with Gasteiger partial charge in [0, 0.05) is 19.3 Å². The van der Waals surface area contributed by atoms with Crippen molar-refractivity contribution in [2.24, 2.45) is 5.92 Å². The van der Waals surface area contributed by atoms with Crippen LogP contribution < -0.4 is 20.5 Å². The van der Waals surface area contributed by atoms with Crippen LogP contribution in [-0.2, 0) is 0 Å². The number of hydrogen-bond donors (Lipinski definition) is 2. The molecule has 1 fully saturated rings. The molecule has 8 heteroatoms. The molecule has 0 saturated carbocycles. The number of para-hydroxylation sites is 1. The summed E-state index contributed by atoms with van der Waals surface area (Å²) in [7, 11) is 0. The second-order valence-corrected chi connectivity index (χ2v) is 7.92. The van der Waals surface area contributed by atoms with Crippen molar-refractivity contribution in [2.75, 3.05) is 38.5 Å². The number of benzene rings is 1. The fourth-order valence-corrected chi connectivity index (χ4v) is 4.00. The fraction of sp³-hybridized carbons (Fsp3) is 0.429. The van der Waals surface area contributed by atoms with E-state index >= 15 is 0 Å². The Kier molecular flexibility index (Phi) is 6.06. The van der Waals surface area contributed by atoms with Gasteiger partial charge in [-0.05, 0) is 56.1 Å². The van der Waals surface area contributed by atoms with Gasteiger partial charge in [0.05, 0.1) is 10.6 Å². The number of hydrogen-bond acceptors (Lipinski definition) is 6. The summed E-state index contributed by atoms with van der Waals surface area (Å²) in [5, 5.41) is 3.57. The molecule has 2 aliphatic rings. The van der Waals surface area contributed by atoms with Gasteiger partial charge < -0.3 is 20.5 Å². The van der Waals surface area contributed by atoms with Gasteiger partial charge in [0.15, 0.2) is 11.5 Å². The van der Waals surface area contributed by atoms with Gasteiger partial charge in [-0.25, -0.2) is 4.98 Å². The molecule has 1 aromatic heterocycles. The number of nitrogens with zero attached hydrogens (tertiary/aromatic N) is 2. The third-order valence-electron chi connectivity index (χ3n) is 5.44. The van der Waals surface area contributed by atoms with Crippen molar-refractivity contribution in [1.82, 2.24) is 15.2 Å². The largest absolute Gasteiger partial charge is 0.486 e. The van der Waals surface area contributed by atoms with Crippen molar-refractivity contribution >= 4 is 23.3 Å². The van der Waals surface area contributed by atoms with Gasteiger partial charge in [0.1, 0.15) is 18.5 Å². The van der Waals surface area contributed by atoms with Gasteiger partial charge in [0.2, 0.25) is 0 Å². The standard InChI is InChI=1S/C21H25ClN4O3/c22-17-4-1-5-18-19(17)29-15(13-28-18)12-26-9-6-14(7-10-26)11-25-21(27)16-3-2-8-24-20(16)23/h1-5,8,14-15H,6-7,9-13H2,(H2,23,24)(H,25,27). The predicted molar refractivity (Wildman–Crippen MR) is 112 cm³/mol. The van der Waals surface area contributed by atoms with E-state index in [1.165, 1.54) is 0 Å². The molecule has 1 atom stereocenters. The molecule has 2 aromatic rings. The van der Waals surface area contributed by atoms with Crippen LogP contribution in [0, 0.1) is 5.92 Å². The summed E-state index contributed by atoms with van der Waals surface area (Å²) < 4.78 is 11.9. The molecular weight excluding hydrogens is 392 g/mol. The zero-order valence-electron chi connectivity index (χ0n) is 16.1. The molecule has 0 spiro atoms. The molecule has 1 saturated heterocycles. The highest BCUT2D eigenvalue weighted by molar-refractivity contribution is 6.32. The summed E-state index contributed by atoms with van der Waals surface area (Å²) in [6, 6.07) is 8.95. The molecule has 2 aliphatic heterocycles. The van der Waals surface area contributed by atoms with E-state index in [9.17, 15) is 4.79 Å². The minimum atomic E-state index is -0.165. The number of ether oxygens (including phenoxy) is 2. The maximum absolute atomic E-state index is 12.3. The summed E-state index contributed by atoms with van der Waals surface area (Å²) >= 11 is 6.22. The number of rotatable bonds is 5. The number of aromatic nitrogens is 1. The van der Waals surface area contributed by atoms with Crippen LogP contribution in [0.5, 0.6) is 11.5 Å². The maximum atomic E-state index is 12.3. The average molecular weight is 417 g/mol. The number of carbonyl (C=O) groups is 1. The van der Waals surface area contributed by atoms with Crippen molar-refractivity contribution in [3.05, 3.63) is 47.1 Å². The number of likely N-dealkylation sites (tertiary alicyclic amines) is 1. The van der Waals surface area contributed by atoms with Crippen LogP contribution in [-0.4, -0.2) is 54.7 Å². The molecule has 7 nitrogen and oxygen atoms in total. The number of nitrogens with one attached hydrogen (secondary N) is 1. The summed E-state index contributed by atoms with van der Waals surface area (Å²) in [6.45, 7) is 3.90. The van der Waals surface area contributed by atoms with Gasteiger partial charge in [-0.3, -0.25) is 9.69 Å². The highest BCUT2D eigenvalue weighted by Gasteiger charge is 2.27. The molecule has 3 heterocycles. The monoisotopic (exact) mass is 416 g/mol. The lowest BCUT2D eigenvalue weighted by atomic mass is 9.96. The van der Waals surface area contributed by atoms with Crippen molar-refractivity contribution in [3.8, 4) is 11.5 Å². The minimum Gasteiger partial charge on any atom is -0.486 e. The normalized spacial score (nSPS) is 19.7. The summed E-state index contributed by atoms with van der Waals surface area (Å²) in [6.07, 6.45) is 3.59. The number of halogens is 1. The Morgan fingerprint density at radius 3 is 2.90 bits per heavy atom. The lowest BCUT2D eigenvalue weighted by molar-refractivity contribution is 0.0477. The first kappa shape index (κ1) is 19.8. The van der Waals surface area contributed by atoms with Crippen molar-refractivity contribution < 1.29 is 14.3 Å². The maximum Gasteiger partial charge on any atom is 0.255 e. The Hall–Kier alpha value is -2.51. The number of anilines is 1. The van der Waals surface area contributed by atoms with E-state index in [4.69, 9.17) is 26.8 Å². The lowest BCUT2D eigenvalue weighted by Gasteiger charge is -2.35. The van der Waals surface area contributed by atoms with E-state index in [1.54, 1.807) is 18.3 Å². The molecule has 4 rings (SSSR count). The summed E-state index contributed by atoms with van der Waals surface area (Å²) in [5.74, 6) is 1.89. The highest BCUT2D eigenvalue weighted by Crippen LogP contribution is 2.38. The number of piperidine rings is 1. The van der Waals surface area contributed by atoms with Crippen molar-refractivity contribution in [3.63, 3.8) is 0 Å². The first-order chi connectivity index (χ1) is 14.1. The second kappa shape index (κ2) is 8.88. The molecule has 1 amide bonds. The molecule has 0 radical (unpaired) electrons. The number of carbonyl (C=O) groups excluding carboxylic acids is 1. The predicted octanol–water partition coefficient (Wildman–Crippen LogP) is 2.60. The van der Waals surface area contributed by atoms with Crippen LogP contribution in [0.3, 0.4) is 0 Å². The van der Waals surface area contributed by atoms with E-state index < -0.39 is 0 Å². The number of nitrogen functional groups attached to an aromatic ring is 1. The van der Waals surface area contributed by atoms with Crippen LogP contribution in [0.15, 0.2) is 36.5 Å². The molecule has 29 heavy (non-hydrogen) atoms. The van der Waals surface area contributed by atoms with E-state index in [-0.39, 0.29) is 17.8 Å². The van der Waals surface area contributed by atoms with Crippen LogP contribution in [0.2, 0.25) is 5.02 Å². The minimum absolute atomic E-state index is 0.0350. The van der Waals surface area contributed by atoms with Crippen molar-refractivity contribution in [2.45, 2.75) is 18.9 Å². The Morgan fingerprint density at radius 2 is 2.10 bits per heavy atom. The van der Waals surface area contributed by atoms with E-state index in [1.807, 2.05) is 18.2 Å². The molecule has 1 unspecified atom stereocenters. The topological polar surface area (TPSA) is 89.7 Å². The summed E-state index contributed by atoms with van der Waals surface area (Å²) in [4.78, 5) is 18.6. The Balaban J connectivity index is 1.22. The first-order valence-electron chi connectivity index (χ1n) is 9.89. The number of pyridine rings is 1. The lowest BCUT2D eigenvalue weighted by Crippen LogP contribution is -2.45. The van der Waals surface area contributed by atoms with Gasteiger partial charge in [-0.15, -0.1) is 0 Å². The third kappa shape index (κ3) is 4.74. The molecular formula is C21H25ClN4O3. The smallest absolute Gasteiger partial charge is 0.255 e. The quantitative estimate of drug-likeness (QED) is 0.778. The molecule has 0 aliphatic carbocycles. The first-order valence-corrected chi connectivity index (χ1v) is 10.3. The number of nitrogens with two attached hydrogens (primary N) is 1.